The molecule has 0 fully saturated rings. The minimum absolute atomic E-state index is 0.578. The highest BCUT2D eigenvalue weighted by molar-refractivity contribution is 7.97. The number of nitrogens with one attached hydrogen (secondary N) is 1. The topological polar surface area (TPSA) is 27.6 Å². The SMILES string of the molecule is C=Cc1ccccc1.SC1=CC(S)=NN(S)N1. The molecule has 0 radical (unpaired) electrons. The maximum atomic E-state index is 4.01. The van der Waals surface area contributed by atoms with Crippen molar-refractivity contribution in [2.24, 2.45) is 5.10 Å². The van der Waals surface area contributed by atoms with E-state index in [4.69, 9.17) is 0 Å². The van der Waals surface area contributed by atoms with Crippen molar-refractivity contribution < 1.29 is 0 Å². The van der Waals surface area contributed by atoms with Crippen LogP contribution in [0.15, 0.2) is 53.1 Å². The van der Waals surface area contributed by atoms with E-state index in [9.17, 15) is 0 Å². The summed E-state index contributed by atoms with van der Waals surface area (Å²) in [5, 5.41) is 5.02. The fourth-order valence-corrected chi connectivity index (χ4v) is 1.89. The lowest BCUT2D eigenvalue weighted by atomic mass is 10.2. The number of hydrogen-bond donors (Lipinski definition) is 4. The molecule has 1 heterocycles. The van der Waals surface area contributed by atoms with Crippen molar-refractivity contribution in [3.8, 4) is 0 Å². The Hall–Kier alpha value is -0.980. The average Bonchev–Trinajstić information content (AvgIpc) is 2.29. The van der Waals surface area contributed by atoms with Crippen LogP contribution >= 0.6 is 38.1 Å². The quantitative estimate of drug-likeness (QED) is 0.597. The standard InChI is InChI=1S/C8H8.C3H5N3S3/c1-2-8-6-4-3-5-7-8;7-2-1-3(8)5-6(9)4-2/h2-7H,1H2;1,4,7,9H,(H,5,8). The second kappa shape index (κ2) is 7.37. The van der Waals surface area contributed by atoms with Crippen LogP contribution in [0.1, 0.15) is 5.56 Å². The molecule has 0 spiro atoms. The van der Waals surface area contributed by atoms with E-state index in [1.165, 1.54) is 10.1 Å². The molecule has 0 saturated carbocycles. The van der Waals surface area contributed by atoms with Crippen molar-refractivity contribution in [2.75, 3.05) is 0 Å². The van der Waals surface area contributed by atoms with Gasteiger partial charge in [0.2, 0.25) is 0 Å². The van der Waals surface area contributed by atoms with Crippen LogP contribution in [0.5, 0.6) is 0 Å². The smallest absolute Gasteiger partial charge is 0.119 e. The number of nitrogens with zero attached hydrogens (tertiary/aromatic N) is 2. The predicted octanol–water partition coefficient (Wildman–Crippen LogP) is 3.00. The highest BCUT2D eigenvalue weighted by atomic mass is 32.1. The Bertz CT molecular complexity index is 429. The number of benzene rings is 1. The van der Waals surface area contributed by atoms with Gasteiger partial charge in [-0.2, -0.15) is 0 Å². The van der Waals surface area contributed by atoms with Gasteiger partial charge in [0.1, 0.15) is 5.04 Å². The molecule has 0 aromatic heterocycles. The molecular weight excluding hydrogens is 270 g/mol. The summed E-state index contributed by atoms with van der Waals surface area (Å²) >= 11 is 11.9. The molecule has 0 aliphatic carbocycles. The second-order valence-electron chi connectivity index (χ2n) is 3.00. The van der Waals surface area contributed by atoms with Crippen molar-refractivity contribution in [3.05, 3.63) is 53.6 Å². The molecule has 0 amide bonds. The first kappa shape index (κ1) is 14.1. The molecule has 0 bridgehead atoms. The number of hydrogen-bond acceptors (Lipinski definition) is 5. The molecular formula is C11H13N3S3. The zero-order valence-corrected chi connectivity index (χ0v) is 11.7. The summed E-state index contributed by atoms with van der Waals surface area (Å²) in [6, 6.07) is 10.0. The summed E-state index contributed by atoms with van der Waals surface area (Å²) in [5.74, 6) is 0. The normalized spacial score (nSPS) is 13.7. The Morgan fingerprint density at radius 1 is 1.24 bits per heavy atom. The molecule has 90 valence electrons. The first-order valence-corrected chi connectivity index (χ1v) is 6.02. The van der Waals surface area contributed by atoms with Gasteiger partial charge in [0.25, 0.3) is 0 Å². The fourth-order valence-electron chi connectivity index (χ4n) is 0.997. The van der Waals surface area contributed by atoms with Crippen LogP contribution in [-0.2, 0) is 0 Å². The molecule has 3 nitrogen and oxygen atoms in total. The van der Waals surface area contributed by atoms with Gasteiger partial charge >= 0.3 is 0 Å². The van der Waals surface area contributed by atoms with Gasteiger partial charge in [0, 0.05) is 6.08 Å². The lowest BCUT2D eigenvalue weighted by molar-refractivity contribution is 0.432. The molecule has 1 aromatic carbocycles. The van der Waals surface area contributed by atoms with Gasteiger partial charge in [0.15, 0.2) is 0 Å². The zero-order valence-electron chi connectivity index (χ0n) is 8.98. The number of hydrazone groups is 1. The molecule has 0 atom stereocenters. The van der Waals surface area contributed by atoms with Gasteiger partial charge in [0.05, 0.1) is 5.03 Å². The van der Waals surface area contributed by atoms with Crippen LogP contribution in [0.25, 0.3) is 6.08 Å². The van der Waals surface area contributed by atoms with Gasteiger partial charge in [-0.1, -0.05) is 43.0 Å². The summed E-state index contributed by atoms with van der Waals surface area (Å²) < 4.78 is 1.24. The van der Waals surface area contributed by atoms with Gasteiger partial charge in [-0.25, -0.2) is 0 Å². The lowest BCUT2D eigenvalue weighted by Crippen LogP contribution is -2.26. The monoisotopic (exact) mass is 283 g/mol. The van der Waals surface area contributed by atoms with Gasteiger partial charge in [-0.15, -0.1) is 34.9 Å². The summed E-state index contributed by atoms with van der Waals surface area (Å²) in [6.07, 6.45) is 3.51. The maximum Gasteiger partial charge on any atom is 0.119 e. The van der Waals surface area contributed by atoms with Crippen LogP contribution in [0.4, 0.5) is 0 Å². The van der Waals surface area contributed by atoms with E-state index in [1.54, 1.807) is 6.08 Å². The zero-order chi connectivity index (χ0) is 12.7. The number of hydrazine groups is 1. The first-order chi connectivity index (χ1) is 8.11. The molecule has 1 aliphatic rings. The third-order valence-electron chi connectivity index (χ3n) is 1.71. The molecule has 17 heavy (non-hydrogen) atoms. The highest BCUT2D eigenvalue weighted by Crippen LogP contribution is 2.08. The largest absolute Gasteiger partial charge is 0.266 e. The Kier molecular flexibility index (Phi) is 6.10. The highest BCUT2D eigenvalue weighted by Gasteiger charge is 2.02. The lowest BCUT2D eigenvalue weighted by Gasteiger charge is -2.17. The number of thiol groups is 3. The first-order valence-electron chi connectivity index (χ1n) is 4.73. The molecule has 0 saturated heterocycles. The van der Waals surface area contributed by atoms with Crippen LogP contribution in [-0.4, -0.2) is 9.57 Å². The average molecular weight is 283 g/mol. The van der Waals surface area contributed by atoms with E-state index in [0.717, 1.165) is 0 Å². The van der Waals surface area contributed by atoms with E-state index >= 15 is 0 Å². The van der Waals surface area contributed by atoms with Gasteiger partial charge in [-0.05, 0) is 18.4 Å². The molecule has 1 aliphatic heterocycles. The van der Waals surface area contributed by atoms with Crippen molar-refractivity contribution in [2.45, 2.75) is 0 Å². The summed E-state index contributed by atoms with van der Waals surface area (Å²) in [6.45, 7) is 3.63. The maximum absolute atomic E-state index is 4.01. The van der Waals surface area contributed by atoms with E-state index < -0.39 is 0 Å². The third kappa shape index (κ3) is 5.76. The minimum atomic E-state index is 0.578. The summed E-state index contributed by atoms with van der Waals surface area (Å²) in [5.41, 5.74) is 3.87. The van der Waals surface area contributed by atoms with Crippen molar-refractivity contribution in [1.82, 2.24) is 9.95 Å². The van der Waals surface area contributed by atoms with Gasteiger partial charge in [-0.3, -0.25) is 5.43 Å². The van der Waals surface area contributed by atoms with E-state index in [-0.39, 0.29) is 0 Å². The third-order valence-corrected chi connectivity index (χ3v) is 2.35. The Morgan fingerprint density at radius 3 is 2.29 bits per heavy atom. The van der Waals surface area contributed by atoms with Crippen LogP contribution in [0.2, 0.25) is 0 Å². The minimum Gasteiger partial charge on any atom is -0.266 e. The predicted molar refractivity (Wildman–Crippen MR) is 84.0 cm³/mol. The van der Waals surface area contributed by atoms with Crippen LogP contribution in [0, 0.1) is 0 Å². The molecule has 1 N–H and O–H groups in total. The fraction of sp³-hybridized carbons (Fsp3) is 0. The summed E-state index contributed by atoms with van der Waals surface area (Å²) in [7, 11) is 0. The van der Waals surface area contributed by atoms with E-state index in [0.29, 0.717) is 10.1 Å². The van der Waals surface area contributed by atoms with Crippen molar-refractivity contribution in [3.63, 3.8) is 0 Å². The van der Waals surface area contributed by atoms with Crippen molar-refractivity contribution in [1.29, 1.82) is 0 Å². The molecule has 6 heteroatoms. The molecule has 2 rings (SSSR count). The molecule has 1 aromatic rings. The second-order valence-corrected chi connectivity index (χ2v) is 4.32. The molecule has 0 unspecified atom stereocenters. The Labute approximate surface area is 118 Å². The van der Waals surface area contributed by atoms with E-state index in [1.807, 2.05) is 36.4 Å². The van der Waals surface area contributed by atoms with Gasteiger partial charge < -0.3 is 0 Å². The summed E-state index contributed by atoms with van der Waals surface area (Å²) in [4.78, 5) is 0. The van der Waals surface area contributed by atoms with Crippen LogP contribution < -0.4 is 5.43 Å². The van der Waals surface area contributed by atoms with Crippen molar-refractivity contribution >= 4 is 49.2 Å². The van der Waals surface area contributed by atoms with Crippen LogP contribution in [0.3, 0.4) is 0 Å². The van der Waals surface area contributed by atoms with E-state index in [2.05, 4.69) is 55.2 Å². The Morgan fingerprint density at radius 2 is 1.88 bits per heavy atom. The number of rotatable bonds is 1. The Balaban J connectivity index is 0.000000171.